The molecule has 0 saturated heterocycles. The summed E-state index contributed by atoms with van der Waals surface area (Å²) >= 11 is 3.57. The zero-order chi connectivity index (χ0) is 13.8. The lowest BCUT2D eigenvalue weighted by Gasteiger charge is -2.12. The van der Waals surface area contributed by atoms with Crippen molar-refractivity contribution in [3.63, 3.8) is 0 Å². The minimum absolute atomic E-state index is 0.766. The van der Waals surface area contributed by atoms with Crippen LogP contribution in [0.5, 0.6) is 5.75 Å². The van der Waals surface area contributed by atoms with E-state index in [0.29, 0.717) is 0 Å². The fourth-order valence-electron chi connectivity index (χ4n) is 2.02. The maximum Gasteiger partial charge on any atom is 0.119 e. The summed E-state index contributed by atoms with van der Waals surface area (Å²) in [4.78, 5) is 0. The number of anilines is 1. The van der Waals surface area contributed by atoms with Crippen LogP contribution in [0, 0.1) is 13.8 Å². The van der Waals surface area contributed by atoms with Crippen LogP contribution in [0.4, 0.5) is 5.69 Å². The first-order valence-electron chi connectivity index (χ1n) is 6.23. The van der Waals surface area contributed by atoms with Gasteiger partial charge < -0.3 is 10.1 Å². The number of methoxy groups -OCH3 is 1. The monoisotopic (exact) mass is 319 g/mol. The highest BCUT2D eigenvalue weighted by molar-refractivity contribution is 9.10. The van der Waals surface area contributed by atoms with Crippen molar-refractivity contribution >= 4 is 21.6 Å². The van der Waals surface area contributed by atoms with E-state index in [-0.39, 0.29) is 0 Å². The molecule has 0 spiro atoms. The zero-order valence-electron chi connectivity index (χ0n) is 11.5. The van der Waals surface area contributed by atoms with Gasteiger partial charge in [0.25, 0.3) is 0 Å². The van der Waals surface area contributed by atoms with Gasteiger partial charge in [-0.05, 0) is 49.2 Å². The molecule has 2 aromatic rings. The lowest BCUT2D eigenvalue weighted by atomic mass is 10.1. The van der Waals surface area contributed by atoms with Crippen LogP contribution in [0.15, 0.2) is 40.9 Å². The van der Waals surface area contributed by atoms with E-state index < -0.39 is 0 Å². The maximum absolute atomic E-state index is 5.25. The van der Waals surface area contributed by atoms with E-state index in [9.17, 15) is 0 Å². The predicted octanol–water partition coefficient (Wildman–Crippen LogP) is 4.69. The highest BCUT2D eigenvalue weighted by Crippen LogP contribution is 2.24. The van der Waals surface area contributed by atoms with Crippen molar-refractivity contribution in [1.29, 1.82) is 0 Å². The van der Waals surface area contributed by atoms with Gasteiger partial charge in [-0.3, -0.25) is 0 Å². The van der Waals surface area contributed by atoms with Gasteiger partial charge in [0, 0.05) is 16.7 Å². The van der Waals surface area contributed by atoms with Gasteiger partial charge in [0.15, 0.2) is 0 Å². The Labute approximate surface area is 122 Å². The molecule has 0 aliphatic rings. The van der Waals surface area contributed by atoms with E-state index in [4.69, 9.17) is 4.74 Å². The molecule has 3 heteroatoms. The van der Waals surface area contributed by atoms with Crippen molar-refractivity contribution < 1.29 is 4.74 Å². The van der Waals surface area contributed by atoms with Gasteiger partial charge in [0.1, 0.15) is 5.75 Å². The number of hydrogen-bond acceptors (Lipinski definition) is 2. The molecule has 2 aromatic carbocycles. The summed E-state index contributed by atoms with van der Waals surface area (Å²) in [6, 6.07) is 12.4. The van der Waals surface area contributed by atoms with E-state index in [1.165, 1.54) is 22.4 Å². The average Bonchev–Trinajstić information content (AvgIpc) is 2.39. The molecule has 0 fully saturated rings. The first-order valence-corrected chi connectivity index (χ1v) is 7.03. The largest absolute Gasteiger partial charge is 0.497 e. The lowest BCUT2D eigenvalue weighted by molar-refractivity contribution is 0.414. The number of halogens is 1. The number of aryl methyl sites for hydroxylation is 2. The molecule has 19 heavy (non-hydrogen) atoms. The standard InChI is InChI=1S/C16H18BrNO/c1-11-4-7-16(12(2)8-11)18-10-13-9-14(19-3)5-6-15(13)17/h4-9,18H,10H2,1-3H3. The fourth-order valence-corrected chi connectivity index (χ4v) is 2.40. The first kappa shape index (κ1) is 13.9. The van der Waals surface area contributed by atoms with Crippen LogP contribution in [-0.4, -0.2) is 7.11 Å². The highest BCUT2D eigenvalue weighted by atomic mass is 79.9. The Morgan fingerprint density at radius 2 is 1.89 bits per heavy atom. The van der Waals surface area contributed by atoms with E-state index in [1.54, 1.807) is 7.11 Å². The number of ether oxygens (including phenoxy) is 1. The third-order valence-corrected chi connectivity index (χ3v) is 3.88. The van der Waals surface area contributed by atoms with Crippen LogP contribution >= 0.6 is 15.9 Å². The summed E-state index contributed by atoms with van der Waals surface area (Å²) in [6.45, 7) is 4.99. The summed E-state index contributed by atoms with van der Waals surface area (Å²) in [7, 11) is 1.69. The molecule has 0 heterocycles. The van der Waals surface area contributed by atoms with Gasteiger partial charge in [-0.2, -0.15) is 0 Å². The Kier molecular flexibility index (Phi) is 4.48. The third-order valence-electron chi connectivity index (χ3n) is 3.10. The average molecular weight is 320 g/mol. The molecule has 0 saturated carbocycles. The van der Waals surface area contributed by atoms with Crippen LogP contribution in [0.1, 0.15) is 16.7 Å². The molecule has 0 aromatic heterocycles. The fraction of sp³-hybridized carbons (Fsp3) is 0.250. The number of nitrogens with one attached hydrogen (secondary N) is 1. The smallest absolute Gasteiger partial charge is 0.119 e. The van der Waals surface area contributed by atoms with Gasteiger partial charge in [-0.15, -0.1) is 0 Å². The number of benzene rings is 2. The van der Waals surface area contributed by atoms with Crippen molar-refractivity contribution in [2.75, 3.05) is 12.4 Å². The first-order chi connectivity index (χ1) is 9.10. The highest BCUT2D eigenvalue weighted by Gasteiger charge is 2.03. The number of rotatable bonds is 4. The molecule has 2 nitrogen and oxygen atoms in total. The summed E-state index contributed by atoms with van der Waals surface area (Å²) in [5.74, 6) is 0.876. The van der Waals surface area contributed by atoms with Crippen LogP contribution in [0.25, 0.3) is 0 Å². The van der Waals surface area contributed by atoms with E-state index in [0.717, 1.165) is 16.8 Å². The van der Waals surface area contributed by atoms with Crippen LogP contribution < -0.4 is 10.1 Å². The summed E-state index contributed by atoms with van der Waals surface area (Å²) in [5, 5.41) is 3.46. The molecule has 0 aliphatic carbocycles. The van der Waals surface area contributed by atoms with Crippen molar-refractivity contribution in [3.8, 4) is 5.75 Å². The van der Waals surface area contributed by atoms with Crippen molar-refractivity contribution in [2.45, 2.75) is 20.4 Å². The van der Waals surface area contributed by atoms with Crippen molar-refractivity contribution in [1.82, 2.24) is 0 Å². The Bertz CT molecular complexity index is 581. The molecule has 0 aliphatic heterocycles. The molecule has 100 valence electrons. The molecule has 0 unspecified atom stereocenters. The summed E-state index contributed by atoms with van der Waals surface area (Å²) in [6.07, 6.45) is 0. The summed E-state index contributed by atoms with van der Waals surface area (Å²) < 4.78 is 6.34. The second-order valence-electron chi connectivity index (χ2n) is 4.63. The van der Waals surface area contributed by atoms with Gasteiger partial charge in [-0.25, -0.2) is 0 Å². The minimum Gasteiger partial charge on any atom is -0.497 e. The topological polar surface area (TPSA) is 21.3 Å². The molecule has 1 N–H and O–H groups in total. The molecular formula is C16H18BrNO. The van der Waals surface area contributed by atoms with Crippen molar-refractivity contribution in [3.05, 3.63) is 57.6 Å². The van der Waals surface area contributed by atoms with Crippen LogP contribution in [-0.2, 0) is 6.54 Å². The van der Waals surface area contributed by atoms with Crippen molar-refractivity contribution in [2.24, 2.45) is 0 Å². The maximum atomic E-state index is 5.25. The van der Waals surface area contributed by atoms with E-state index in [1.807, 2.05) is 18.2 Å². The van der Waals surface area contributed by atoms with Gasteiger partial charge in [0.05, 0.1) is 7.11 Å². The second-order valence-corrected chi connectivity index (χ2v) is 5.48. The molecule has 0 atom stereocenters. The Hall–Kier alpha value is -1.48. The summed E-state index contributed by atoms with van der Waals surface area (Å²) in [5.41, 5.74) is 4.89. The predicted molar refractivity (Wildman–Crippen MR) is 83.9 cm³/mol. The Balaban J connectivity index is 2.14. The van der Waals surface area contributed by atoms with Gasteiger partial charge >= 0.3 is 0 Å². The molecule has 0 amide bonds. The van der Waals surface area contributed by atoms with Gasteiger partial charge in [-0.1, -0.05) is 33.6 Å². The zero-order valence-corrected chi connectivity index (χ0v) is 13.0. The second kappa shape index (κ2) is 6.11. The Morgan fingerprint density at radius 1 is 1.11 bits per heavy atom. The SMILES string of the molecule is COc1ccc(Br)c(CNc2ccc(C)cc2C)c1. The molecule has 2 rings (SSSR count). The number of hydrogen-bond donors (Lipinski definition) is 1. The Morgan fingerprint density at radius 3 is 2.58 bits per heavy atom. The van der Waals surface area contributed by atoms with Crippen LogP contribution in [0.2, 0.25) is 0 Å². The quantitative estimate of drug-likeness (QED) is 0.883. The molecule has 0 radical (unpaired) electrons. The van der Waals surface area contributed by atoms with E-state index in [2.05, 4.69) is 53.3 Å². The van der Waals surface area contributed by atoms with Crippen LogP contribution in [0.3, 0.4) is 0 Å². The van der Waals surface area contributed by atoms with E-state index >= 15 is 0 Å². The lowest BCUT2D eigenvalue weighted by Crippen LogP contribution is -2.02. The normalized spacial score (nSPS) is 10.3. The molecular weight excluding hydrogens is 302 g/mol. The third kappa shape index (κ3) is 3.51. The minimum atomic E-state index is 0.766. The molecule has 0 bridgehead atoms. The van der Waals surface area contributed by atoms with Gasteiger partial charge in [0.2, 0.25) is 0 Å².